The predicted octanol–water partition coefficient (Wildman–Crippen LogP) is 8.29. The van der Waals surface area contributed by atoms with Crippen LogP contribution in [0.5, 0.6) is 0 Å². The van der Waals surface area contributed by atoms with Crippen molar-refractivity contribution in [1.29, 1.82) is 0 Å². The third kappa shape index (κ3) is 5.24. The Labute approximate surface area is 228 Å². The topological polar surface area (TPSA) is 0 Å². The summed E-state index contributed by atoms with van der Waals surface area (Å²) >= 11 is 0. The van der Waals surface area contributed by atoms with Crippen molar-refractivity contribution < 1.29 is 26.3 Å². The number of hydrogen-bond acceptors (Lipinski definition) is 0. The van der Waals surface area contributed by atoms with Crippen molar-refractivity contribution in [2.75, 3.05) is 0 Å². The third-order valence-electron chi connectivity index (χ3n) is 6.69. The lowest BCUT2D eigenvalue weighted by Gasteiger charge is -2.34. The van der Waals surface area contributed by atoms with Crippen LogP contribution >= 0.6 is 6.89 Å². The summed E-state index contributed by atoms with van der Waals surface area (Å²) in [6.07, 6.45) is -9.27. The molecule has 40 heavy (non-hydrogen) atoms. The van der Waals surface area contributed by atoms with Gasteiger partial charge in [-0.15, -0.1) is 0 Å². The molecule has 0 N–H and O–H groups in total. The number of alkyl halides is 6. The molecule has 0 nitrogen and oxygen atoms in total. The second-order valence-corrected chi connectivity index (χ2v) is 12.5. The highest BCUT2D eigenvalue weighted by atomic mass is 31.2. The second-order valence-electron chi connectivity index (χ2n) is 9.18. The van der Waals surface area contributed by atoms with E-state index in [1.54, 1.807) is 12.1 Å². The fourth-order valence-electron chi connectivity index (χ4n) is 5.03. The van der Waals surface area contributed by atoms with Gasteiger partial charge in [-0.2, -0.15) is 26.3 Å². The Kier molecular flexibility index (Phi) is 7.48. The SMILES string of the molecule is FC(F)(F)c1cccc(C(c2cccc(C(F)(F)F)c2)=P(c2ccccc2)(c2ccccc2)c2ccccc2)c1. The van der Waals surface area contributed by atoms with E-state index in [1.165, 1.54) is 12.1 Å². The van der Waals surface area contributed by atoms with E-state index in [2.05, 4.69) is 0 Å². The number of rotatable bonds is 5. The lowest BCUT2D eigenvalue weighted by atomic mass is 10.0. The van der Waals surface area contributed by atoms with Crippen molar-refractivity contribution in [3.05, 3.63) is 162 Å². The molecule has 5 aromatic rings. The summed E-state index contributed by atoms with van der Waals surface area (Å²) in [5, 5.41) is 2.82. The van der Waals surface area contributed by atoms with Crippen LogP contribution in [0.15, 0.2) is 140 Å². The van der Waals surface area contributed by atoms with Gasteiger partial charge in [-0.05, 0) is 63.5 Å². The lowest BCUT2D eigenvalue weighted by molar-refractivity contribution is -0.138. The van der Waals surface area contributed by atoms with Crippen LogP contribution in [0.4, 0.5) is 26.3 Å². The molecule has 0 saturated heterocycles. The van der Waals surface area contributed by atoms with E-state index in [1.807, 2.05) is 91.0 Å². The van der Waals surface area contributed by atoms with Crippen LogP contribution in [-0.4, -0.2) is 5.29 Å². The molecule has 0 unspecified atom stereocenters. The molecule has 0 aliphatic heterocycles. The minimum atomic E-state index is -4.64. The molecule has 202 valence electrons. The summed E-state index contributed by atoms with van der Waals surface area (Å²) in [6, 6.07) is 37.7. The first-order valence-electron chi connectivity index (χ1n) is 12.4. The van der Waals surface area contributed by atoms with Gasteiger partial charge in [-0.25, -0.2) is 0 Å². The van der Waals surface area contributed by atoms with E-state index in [0.29, 0.717) is 5.29 Å². The average Bonchev–Trinajstić information content (AvgIpc) is 2.96. The predicted molar refractivity (Wildman–Crippen MR) is 151 cm³/mol. The molecule has 0 aliphatic carbocycles. The third-order valence-corrected chi connectivity index (χ3v) is 11.1. The maximum atomic E-state index is 14.0. The van der Waals surface area contributed by atoms with E-state index in [4.69, 9.17) is 0 Å². The van der Waals surface area contributed by atoms with Crippen LogP contribution in [0, 0.1) is 0 Å². The van der Waals surface area contributed by atoms with E-state index >= 15 is 0 Å². The Morgan fingerprint density at radius 2 is 0.725 bits per heavy atom. The molecule has 0 aliphatic rings. The first-order valence-corrected chi connectivity index (χ1v) is 14.2. The molecule has 7 heteroatoms. The van der Waals surface area contributed by atoms with Crippen LogP contribution in [0.25, 0.3) is 0 Å². The highest BCUT2D eigenvalue weighted by molar-refractivity contribution is 7.96. The molecule has 5 aromatic carbocycles. The average molecular weight is 565 g/mol. The standard InChI is InChI=1S/C33H23F6P/c34-32(35,36)26-14-10-12-24(22-26)31(25-13-11-15-27(23-25)33(37,38)39)40(28-16-4-1-5-17-28,29-18-6-2-7-19-29)30-20-8-3-9-21-30/h1-23H. The van der Waals surface area contributed by atoms with Crippen molar-refractivity contribution in [1.82, 2.24) is 0 Å². The van der Waals surface area contributed by atoms with Gasteiger partial charge in [0.2, 0.25) is 0 Å². The summed E-state index contributed by atoms with van der Waals surface area (Å²) < 4.78 is 83.8. The van der Waals surface area contributed by atoms with Gasteiger partial charge < -0.3 is 0 Å². The summed E-state index contributed by atoms with van der Waals surface area (Å²) in [5.74, 6) is 0. The minimum Gasteiger partial charge on any atom is -0.166 e. The van der Waals surface area contributed by atoms with Crippen molar-refractivity contribution in [2.45, 2.75) is 12.4 Å². The number of benzene rings is 5. The quantitative estimate of drug-likeness (QED) is 0.149. The molecule has 0 saturated carbocycles. The molecule has 0 radical (unpaired) electrons. The fourth-order valence-corrected chi connectivity index (χ4v) is 9.61. The van der Waals surface area contributed by atoms with Crippen LogP contribution in [0.3, 0.4) is 0 Å². The second kappa shape index (κ2) is 10.9. The van der Waals surface area contributed by atoms with Crippen molar-refractivity contribution in [2.24, 2.45) is 0 Å². The zero-order valence-electron chi connectivity index (χ0n) is 21.0. The Morgan fingerprint density at radius 3 is 1.02 bits per heavy atom. The van der Waals surface area contributed by atoms with Gasteiger partial charge >= 0.3 is 12.4 Å². The van der Waals surface area contributed by atoms with Gasteiger partial charge in [0.1, 0.15) is 0 Å². The summed E-state index contributed by atoms with van der Waals surface area (Å²) in [7, 11) is 0. The normalized spacial score (nSPS) is 12.2. The molecule has 0 spiro atoms. The minimum absolute atomic E-state index is 0.207. The Morgan fingerprint density at radius 1 is 0.400 bits per heavy atom. The van der Waals surface area contributed by atoms with Crippen LogP contribution in [0.2, 0.25) is 0 Å². The van der Waals surface area contributed by atoms with Gasteiger partial charge in [0.25, 0.3) is 0 Å². The highest BCUT2D eigenvalue weighted by Crippen LogP contribution is 2.50. The Bertz CT molecular complexity index is 1490. The number of hydrogen-bond donors (Lipinski definition) is 0. The molecule has 0 aromatic heterocycles. The lowest BCUT2D eigenvalue weighted by Crippen LogP contribution is -2.31. The zero-order chi connectivity index (χ0) is 28.4. The zero-order valence-corrected chi connectivity index (χ0v) is 21.9. The maximum absolute atomic E-state index is 14.0. The Hall–Kier alpha value is -4.02. The van der Waals surface area contributed by atoms with E-state index in [9.17, 15) is 26.3 Å². The van der Waals surface area contributed by atoms with E-state index in [0.717, 1.165) is 40.2 Å². The summed E-state index contributed by atoms with van der Waals surface area (Å²) in [5.41, 5.74) is -1.33. The monoisotopic (exact) mass is 564 g/mol. The van der Waals surface area contributed by atoms with Gasteiger partial charge in [0.05, 0.1) is 11.1 Å². The molecular formula is C33H23F6P. The molecule has 0 amide bonds. The van der Waals surface area contributed by atoms with Crippen LogP contribution in [0.1, 0.15) is 22.3 Å². The molecule has 0 heterocycles. The van der Waals surface area contributed by atoms with Crippen LogP contribution < -0.4 is 15.9 Å². The summed E-state index contributed by atoms with van der Waals surface area (Å²) in [6.45, 7) is -3.07. The molecule has 0 atom stereocenters. The Balaban J connectivity index is 2.09. The van der Waals surface area contributed by atoms with Gasteiger partial charge in [0, 0.05) is 0 Å². The van der Waals surface area contributed by atoms with Crippen molar-refractivity contribution in [3.8, 4) is 0 Å². The van der Waals surface area contributed by atoms with E-state index in [-0.39, 0.29) is 11.1 Å². The molecule has 0 bridgehead atoms. The van der Waals surface area contributed by atoms with Gasteiger partial charge in [-0.1, -0.05) is 115 Å². The fraction of sp³-hybridized carbons (Fsp3) is 0.0606. The maximum Gasteiger partial charge on any atom is 0.416 e. The van der Waals surface area contributed by atoms with Crippen molar-refractivity contribution in [3.63, 3.8) is 0 Å². The van der Waals surface area contributed by atoms with Crippen LogP contribution in [-0.2, 0) is 12.4 Å². The smallest absolute Gasteiger partial charge is 0.166 e. The first-order chi connectivity index (χ1) is 19.1. The molecule has 5 rings (SSSR count). The number of halogens is 6. The highest BCUT2D eigenvalue weighted by Gasteiger charge is 2.36. The van der Waals surface area contributed by atoms with E-state index < -0.39 is 30.4 Å². The largest absolute Gasteiger partial charge is 0.416 e. The summed E-state index contributed by atoms with van der Waals surface area (Å²) in [4.78, 5) is 0. The van der Waals surface area contributed by atoms with Gasteiger partial charge in [-0.3, -0.25) is 0 Å². The van der Waals surface area contributed by atoms with Gasteiger partial charge in [0.15, 0.2) is 0 Å². The van der Waals surface area contributed by atoms with Crippen molar-refractivity contribution >= 4 is 28.1 Å². The molecule has 0 fully saturated rings. The first kappa shape index (κ1) is 27.5. The molecular weight excluding hydrogens is 541 g/mol.